The number of fused-ring (bicyclic) bond motifs is 1. The Morgan fingerprint density at radius 3 is 2.71 bits per heavy atom. The molecule has 0 N–H and O–H groups in total. The molecule has 3 heteroatoms. The summed E-state index contributed by atoms with van der Waals surface area (Å²) < 4.78 is 1.90. The van der Waals surface area contributed by atoms with Crippen LogP contribution in [0.5, 0.6) is 0 Å². The van der Waals surface area contributed by atoms with Crippen LogP contribution < -0.4 is 0 Å². The van der Waals surface area contributed by atoms with Crippen molar-refractivity contribution < 1.29 is 4.79 Å². The van der Waals surface area contributed by atoms with Crippen molar-refractivity contribution in [3.8, 4) is 0 Å². The smallest absolute Gasteiger partial charge is 0.178 e. The number of aryl methyl sites for hydroxylation is 2. The highest BCUT2D eigenvalue weighted by Gasteiger charge is 2.10. The molecule has 0 fully saturated rings. The molecule has 14 heavy (non-hydrogen) atoms. The van der Waals surface area contributed by atoms with Gasteiger partial charge >= 0.3 is 0 Å². The lowest BCUT2D eigenvalue weighted by Crippen LogP contribution is -2.02. The summed E-state index contributed by atoms with van der Waals surface area (Å²) in [5.74, 6) is 0.0474. The zero-order valence-electron chi connectivity index (χ0n) is 8.53. The molecule has 0 unspecified atom stereocenters. The van der Waals surface area contributed by atoms with Crippen molar-refractivity contribution >= 4 is 11.4 Å². The highest BCUT2D eigenvalue weighted by atomic mass is 16.1. The SMILES string of the molecule is CC(=O)c1cnc2c(C)ccc(C)n12. The third-order valence-electron chi connectivity index (χ3n) is 2.40. The maximum absolute atomic E-state index is 11.3. The molecule has 0 aliphatic heterocycles. The van der Waals surface area contributed by atoms with Gasteiger partial charge in [0.2, 0.25) is 0 Å². The van der Waals surface area contributed by atoms with Gasteiger partial charge in [-0.05, 0) is 25.5 Å². The number of aromatic nitrogens is 2. The molecule has 0 spiro atoms. The summed E-state index contributed by atoms with van der Waals surface area (Å²) in [5, 5.41) is 0. The van der Waals surface area contributed by atoms with Crippen LogP contribution >= 0.6 is 0 Å². The minimum absolute atomic E-state index is 0.0474. The molecule has 0 radical (unpaired) electrons. The molecule has 0 aromatic carbocycles. The number of ketones is 1. The van der Waals surface area contributed by atoms with Gasteiger partial charge in [0, 0.05) is 12.6 Å². The molecular weight excluding hydrogens is 176 g/mol. The summed E-state index contributed by atoms with van der Waals surface area (Å²) in [6.07, 6.45) is 1.64. The number of pyridine rings is 1. The summed E-state index contributed by atoms with van der Waals surface area (Å²) >= 11 is 0. The van der Waals surface area contributed by atoms with Gasteiger partial charge in [0.25, 0.3) is 0 Å². The van der Waals surface area contributed by atoms with Crippen molar-refractivity contribution in [2.75, 3.05) is 0 Å². The van der Waals surface area contributed by atoms with E-state index in [1.165, 1.54) is 0 Å². The second-order valence-corrected chi connectivity index (χ2v) is 3.52. The predicted molar refractivity (Wildman–Crippen MR) is 54.7 cm³/mol. The molecule has 0 aliphatic carbocycles. The van der Waals surface area contributed by atoms with Crippen molar-refractivity contribution in [1.82, 2.24) is 9.38 Å². The number of hydrogen-bond donors (Lipinski definition) is 0. The van der Waals surface area contributed by atoms with E-state index in [2.05, 4.69) is 4.98 Å². The fourth-order valence-corrected chi connectivity index (χ4v) is 1.63. The molecule has 2 rings (SSSR count). The minimum Gasteiger partial charge on any atom is -0.294 e. The summed E-state index contributed by atoms with van der Waals surface area (Å²) in [6, 6.07) is 4.01. The van der Waals surface area contributed by atoms with Crippen LogP contribution in [0.2, 0.25) is 0 Å². The maximum Gasteiger partial charge on any atom is 0.178 e. The summed E-state index contributed by atoms with van der Waals surface area (Å²) in [6.45, 7) is 5.53. The number of imidazole rings is 1. The maximum atomic E-state index is 11.3. The molecule has 0 saturated heterocycles. The first-order valence-electron chi connectivity index (χ1n) is 4.56. The first-order chi connectivity index (χ1) is 6.61. The molecule has 0 amide bonds. The molecule has 3 nitrogen and oxygen atoms in total. The zero-order valence-corrected chi connectivity index (χ0v) is 8.53. The van der Waals surface area contributed by atoms with E-state index in [9.17, 15) is 4.79 Å². The highest BCUT2D eigenvalue weighted by molar-refractivity contribution is 5.93. The molecule has 2 aromatic heterocycles. The number of rotatable bonds is 1. The first kappa shape index (κ1) is 8.94. The van der Waals surface area contributed by atoms with Crippen molar-refractivity contribution in [3.05, 3.63) is 35.3 Å². The molecule has 2 aromatic rings. The van der Waals surface area contributed by atoms with E-state index in [0.717, 1.165) is 16.9 Å². The second-order valence-electron chi connectivity index (χ2n) is 3.52. The van der Waals surface area contributed by atoms with Gasteiger partial charge in [-0.25, -0.2) is 4.98 Å². The van der Waals surface area contributed by atoms with E-state index >= 15 is 0 Å². The predicted octanol–water partition coefficient (Wildman–Crippen LogP) is 2.15. The Kier molecular flexibility index (Phi) is 1.88. The Labute approximate surface area is 82.4 Å². The Bertz CT molecular complexity index is 511. The quantitative estimate of drug-likeness (QED) is 0.642. The van der Waals surface area contributed by atoms with E-state index in [-0.39, 0.29) is 5.78 Å². The summed E-state index contributed by atoms with van der Waals surface area (Å²) in [5.41, 5.74) is 3.65. The van der Waals surface area contributed by atoms with Crippen LogP contribution in [0.1, 0.15) is 28.7 Å². The van der Waals surface area contributed by atoms with E-state index in [1.807, 2.05) is 30.4 Å². The topological polar surface area (TPSA) is 34.4 Å². The van der Waals surface area contributed by atoms with Gasteiger partial charge in [-0.15, -0.1) is 0 Å². The van der Waals surface area contributed by atoms with E-state index in [1.54, 1.807) is 13.1 Å². The van der Waals surface area contributed by atoms with Gasteiger partial charge in [0.1, 0.15) is 11.3 Å². The van der Waals surface area contributed by atoms with Gasteiger partial charge in [0.05, 0.1) is 6.20 Å². The van der Waals surface area contributed by atoms with Gasteiger partial charge in [0.15, 0.2) is 5.78 Å². The number of Topliss-reactive ketones (excluding diaryl/α,β-unsaturated/α-hetero) is 1. The van der Waals surface area contributed by atoms with Crippen molar-refractivity contribution in [2.45, 2.75) is 20.8 Å². The Balaban J connectivity index is 2.90. The standard InChI is InChI=1S/C11H12N2O/c1-7-4-5-8(2)13-10(9(3)14)6-12-11(7)13/h4-6H,1-3H3. The van der Waals surface area contributed by atoms with Gasteiger partial charge < -0.3 is 0 Å². The normalized spacial score (nSPS) is 10.8. The van der Waals surface area contributed by atoms with E-state index in [0.29, 0.717) is 5.69 Å². The van der Waals surface area contributed by atoms with Crippen LogP contribution in [0, 0.1) is 13.8 Å². The van der Waals surface area contributed by atoms with Crippen LogP contribution in [0.15, 0.2) is 18.3 Å². The number of hydrogen-bond acceptors (Lipinski definition) is 2. The molecule has 2 heterocycles. The monoisotopic (exact) mass is 188 g/mol. The highest BCUT2D eigenvalue weighted by Crippen LogP contribution is 2.14. The van der Waals surface area contributed by atoms with E-state index in [4.69, 9.17) is 0 Å². The summed E-state index contributed by atoms with van der Waals surface area (Å²) in [4.78, 5) is 15.6. The van der Waals surface area contributed by atoms with Crippen LogP contribution in [0.3, 0.4) is 0 Å². The van der Waals surface area contributed by atoms with Gasteiger partial charge in [-0.3, -0.25) is 9.20 Å². The van der Waals surface area contributed by atoms with Crippen LogP contribution in [0.25, 0.3) is 5.65 Å². The van der Waals surface area contributed by atoms with Crippen LogP contribution in [-0.4, -0.2) is 15.2 Å². The van der Waals surface area contributed by atoms with Crippen molar-refractivity contribution in [2.24, 2.45) is 0 Å². The molecular formula is C11H12N2O. The second kappa shape index (κ2) is 2.94. The number of carbonyl (C=O) groups is 1. The Morgan fingerprint density at radius 1 is 1.36 bits per heavy atom. The average Bonchev–Trinajstić information content (AvgIpc) is 2.56. The molecule has 0 atom stereocenters. The van der Waals surface area contributed by atoms with Crippen LogP contribution in [0.4, 0.5) is 0 Å². The summed E-state index contributed by atoms with van der Waals surface area (Å²) in [7, 11) is 0. The van der Waals surface area contributed by atoms with Crippen LogP contribution in [-0.2, 0) is 0 Å². The third kappa shape index (κ3) is 1.13. The van der Waals surface area contributed by atoms with E-state index < -0.39 is 0 Å². The molecule has 0 aliphatic rings. The molecule has 0 saturated carbocycles. The lowest BCUT2D eigenvalue weighted by molar-refractivity contribution is 0.101. The van der Waals surface area contributed by atoms with Crippen molar-refractivity contribution in [3.63, 3.8) is 0 Å². The molecule has 0 bridgehead atoms. The number of carbonyl (C=O) groups excluding carboxylic acids is 1. The Morgan fingerprint density at radius 2 is 2.07 bits per heavy atom. The first-order valence-corrected chi connectivity index (χ1v) is 4.56. The van der Waals surface area contributed by atoms with Gasteiger partial charge in [-0.1, -0.05) is 6.07 Å². The lowest BCUT2D eigenvalue weighted by atomic mass is 10.2. The zero-order chi connectivity index (χ0) is 10.3. The fraction of sp³-hybridized carbons (Fsp3) is 0.273. The molecule has 72 valence electrons. The lowest BCUT2D eigenvalue weighted by Gasteiger charge is -2.04. The minimum atomic E-state index is 0.0474. The van der Waals surface area contributed by atoms with Crippen molar-refractivity contribution in [1.29, 1.82) is 0 Å². The Hall–Kier alpha value is -1.64. The van der Waals surface area contributed by atoms with Gasteiger partial charge in [-0.2, -0.15) is 0 Å². The third-order valence-corrected chi connectivity index (χ3v) is 2.40. The largest absolute Gasteiger partial charge is 0.294 e. The average molecular weight is 188 g/mol. The number of nitrogens with zero attached hydrogens (tertiary/aromatic N) is 2. The fourth-order valence-electron chi connectivity index (χ4n) is 1.63.